The third-order valence-electron chi connectivity index (χ3n) is 5.35. The summed E-state index contributed by atoms with van der Waals surface area (Å²) in [4.78, 5) is 14.9. The fourth-order valence-electron chi connectivity index (χ4n) is 3.82. The lowest BCUT2D eigenvalue weighted by molar-refractivity contribution is 0.451. The summed E-state index contributed by atoms with van der Waals surface area (Å²) in [5.41, 5.74) is 2.09. The van der Waals surface area contributed by atoms with Gasteiger partial charge in [-0.2, -0.15) is 4.31 Å². The van der Waals surface area contributed by atoms with Crippen LogP contribution in [0.5, 0.6) is 0 Å². The van der Waals surface area contributed by atoms with Crippen LogP contribution in [-0.4, -0.2) is 58.4 Å². The Bertz CT molecular complexity index is 895. The number of hydrogen-bond donors (Lipinski definition) is 0. The Balaban J connectivity index is 1.50. The van der Waals surface area contributed by atoms with Crippen molar-refractivity contribution in [2.45, 2.75) is 18.9 Å². The number of aromatic nitrogens is 4. The zero-order valence-corrected chi connectivity index (χ0v) is 15.4. The predicted molar refractivity (Wildman–Crippen MR) is 92.7 cm³/mol. The van der Waals surface area contributed by atoms with E-state index in [-0.39, 0.29) is 5.03 Å². The molecule has 134 valence electrons. The lowest BCUT2D eigenvalue weighted by Gasteiger charge is -2.23. The first-order valence-corrected chi connectivity index (χ1v) is 9.81. The number of nitrogens with zero attached hydrogens (tertiary/aromatic N) is 6. The molecule has 8 nitrogen and oxygen atoms in total. The second-order valence-electron chi connectivity index (χ2n) is 7.03. The van der Waals surface area contributed by atoms with E-state index in [9.17, 15) is 8.42 Å². The highest BCUT2D eigenvalue weighted by molar-refractivity contribution is 7.89. The van der Waals surface area contributed by atoms with Gasteiger partial charge in [0.15, 0.2) is 5.03 Å². The Kier molecular flexibility index (Phi) is 3.80. The minimum Gasteiger partial charge on any atom is -0.356 e. The summed E-state index contributed by atoms with van der Waals surface area (Å²) in [6, 6.07) is 0. The fraction of sp³-hybridized carbons (Fsp3) is 0.562. The van der Waals surface area contributed by atoms with Crippen molar-refractivity contribution in [3.63, 3.8) is 0 Å². The van der Waals surface area contributed by atoms with E-state index in [2.05, 4.69) is 19.9 Å². The molecule has 0 bridgehead atoms. The zero-order chi connectivity index (χ0) is 17.8. The molecule has 2 atom stereocenters. The van der Waals surface area contributed by atoms with Crippen molar-refractivity contribution in [3.8, 4) is 0 Å². The van der Waals surface area contributed by atoms with Gasteiger partial charge in [0.2, 0.25) is 0 Å². The molecule has 2 aromatic rings. The SMILES string of the molecule is Cc1ncnc(N2CC3CN(S(=O)(=O)c4cn(C)cn4)CC3C2)c1C. The lowest BCUT2D eigenvalue weighted by Crippen LogP contribution is -2.34. The summed E-state index contributed by atoms with van der Waals surface area (Å²) >= 11 is 0. The molecule has 0 radical (unpaired) electrons. The molecular formula is C16H22N6O2S. The highest BCUT2D eigenvalue weighted by Crippen LogP contribution is 2.36. The van der Waals surface area contributed by atoms with Gasteiger partial charge in [-0.25, -0.2) is 23.4 Å². The Morgan fingerprint density at radius 1 is 1.04 bits per heavy atom. The molecule has 25 heavy (non-hydrogen) atoms. The third-order valence-corrected chi connectivity index (χ3v) is 7.06. The summed E-state index contributed by atoms with van der Waals surface area (Å²) in [5.74, 6) is 1.63. The Hall–Kier alpha value is -2.00. The fourth-order valence-corrected chi connectivity index (χ4v) is 5.34. The third kappa shape index (κ3) is 2.71. The van der Waals surface area contributed by atoms with E-state index < -0.39 is 10.0 Å². The second kappa shape index (κ2) is 5.77. The lowest BCUT2D eigenvalue weighted by atomic mass is 10.0. The summed E-state index contributed by atoms with van der Waals surface area (Å²) in [6.45, 7) is 6.77. The number of anilines is 1. The first-order chi connectivity index (χ1) is 11.9. The molecule has 2 saturated heterocycles. The Morgan fingerprint density at radius 3 is 2.32 bits per heavy atom. The van der Waals surface area contributed by atoms with Gasteiger partial charge >= 0.3 is 0 Å². The smallest absolute Gasteiger partial charge is 0.262 e. The Morgan fingerprint density at radius 2 is 1.72 bits per heavy atom. The average Bonchev–Trinajstić information content (AvgIpc) is 3.24. The van der Waals surface area contributed by atoms with Crippen molar-refractivity contribution in [1.29, 1.82) is 0 Å². The highest BCUT2D eigenvalue weighted by atomic mass is 32.2. The molecule has 2 aliphatic heterocycles. The number of sulfonamides is 1. The second-order valence-corrected chi connectivity index (χ2v) is 8.92. The van der Waals surface area contributed by atoms with Gasteiger partial charge in [0.25, 0.3) is 10.0 Å². The molecule has 0 amide bonds. The van der Waals surface area contributed by atoms with Gasteiger partial charge in [0.05, 0.1) is 6.33 Å². The summed E-state index contributed by atoms with van der Waals surface area (Å²) in [7, 11) is -1.73. The van der Waals surface area contributed by atoms with Crippen LogP contribution >= 0.6 is 0 Å². The van der Waals surface area contributed by atoms with Crippen LogP contribution in [0, 0.1) is 25.7 Å². The van der Waals surface area contributed by atoms with Gasteiger partial charge in [-0.3, -0.25) is 0 Å². The molecular weight excluding hydrogens is 340 g/mol. The van der Waals surface area contributed by atoms with Gasteiger partial charge in [-0.1, -0.05) is 0 Å². The van der Waals surface area contributed by atoms with Crippen LogP contribution in [0.25, 0.3) is 0 Å². The van der Waals surface area contributed by atoms with Crippen LogP contribution in [-0.2, 0) is 17.1 Å². The van der Waals surface area contributed by atoms with Gasteiger partial charge < -0.3 is 9.47 Å². The number of hydrogen-bond acceptors (Lipinski definition) is 6. The minimum absolute atomic E-state index is 0.133. The largest absolute Gasteiger partial charge is 0.356 e. The normalized spacial score (nSPS) is 24.0. The van der Waals surface area contributed by atoms with Crippen LogP contribution in [0.15, 0.2) is 23.9 Å². The van der Waals surface area contributed by atoms with Crippen molar-refractivity contribution >= 4 is 15.8 Å². The molecule has 2 unspecified atom stereocenters. The molecule has 4 heterocycles. The van der Waals surface area contributed by atoms with E-state index in [4.69, 9.17) is 0 Å². The maximum absolute atomic E-state index is 12.7. The van der Waals surface area contributed by atoms with E-state index in [0.29, 0.717) is 24.9 Å². The van der Waals surface area contributed by atoms with E-state index in [1.807, 2.05) is 13.8 Å². The summed E-state index contributed by atoms with van der Waals surface area (Å²) in [6.07, 6.45) is 4.68. The van der Waals surface area contributed by atoms with Crippen molar-refractivity contribution in [1.82, 2.24) is 23.8 Å². The topological polar surface area (TPSA) is 84.2 Å². The standard InChI is InChI=1S/C16H22N6O2S/c1-11-12(2)17-9-18-16(11)21-4-13-6-22(7-14(13)5-21)25(23,24)15-8-20(3)10-19-15/h8-10,13-14H,4-7H2,1-3H3. The van der Waals surface area contributed by atoms with Crippen LogP contribution < -0.4 is 4.90 Å². The van der Waals surface area contributed by atoms with Crippen LogP contribution in [0.3, 0.4) is 0 Å². The molecule has 2 aliphatic rings. The van der Waals surface area contributed by atoms with E-state index in [0.717, 1.165) is 30.2 Å². The maximum Gasteiger partial charge on any atom is 0.262 e. The maximum atomic E-state index is 12.7. The molecule has 9 heteroatoms. The average molecular weight is 362 g/mol. The number of imidazole rings is 1. The number of fused-ring (bicyclic) bond motifs is 1. The molecule has 0 saturated carbocycles. The predicted octanol–water partition coefficient (Wildman–Crippen LogP) is 0.584. The first kappa shape index (κ1) is 16.5. The van der Waals surface area contributed by atoms with Crippen LogP contribution in [0.4, 0.5) is 5.82 Å². The number of rotatable bonds is 3. The van der Waals surface area contributed by atoms with Crippen molar-refractivity contribution in [2.24, 2.45) is 18.9 Å². The van der Waals surface area contributed by atoms with Crippen LogP contribution in [0.2, 0.25) is 0 Å². The minimum atomic E-state index is -3.50. The van der Waals surface area contributed by atoms with Gasteiger partial charge in [0, 0.05) is 50.7 Å². The van der Waals surface area contributed by atoms with Crippen molar-refractivity contribution in [3.05, 3.63) is 30.1 Å². The first-order valence-electron chi connectivity index (χ1n) is 8.37. The van der Waals surface area contributed by atoms with E-state index in [1.54, 1.807) is 28.4 Å². The molecule has 2 fully saturated rings. The molecule has 0 spiro atoms. The van der Waals surface area contributed by atoms with E-state index >= 15 is 0 Å². The molecule has 2 aromatic heterocycles. The molecule has 4 rings (SSSR count). The van der Waals surface area contributed by atoms with Gasteiger partial charge in [0.1, 0.15) is 12.1 Å². The summed E-state index contributed by atoms with van der Waals surface area (Å²) < 4.78 is 28.7. The van der Waals surface area contributed by atoms with Crippen molar-refractivity contribution < 1.29 is 8.42 Å². The monoisotopic (exact) mass is 362 g/mol. The van der Waals surface area contributed by atoms with Crippen molar-refractivity contribution in [2.75, 3.05) is 31.1 Å². The number of aryl methyl sites for hydroxylation is 2. The molecule has 0 N–H and O–H groups in total. The summed E-state index contributed by atoms with van der Waals surface area (Å²) in [5, 5.41) is 0.133. The highest BCUT2D eigenvalue weighted by Gasteiger charge is 2.45. The quantitative estimate of drug-likeness (QED) is 0.794. The van der Waals surface area contributed by atoms with Gasteiger partial charge in [-0.05, 0) is 25.7 Å². The van der Waals surface area contributed by atoms with Gasteiger partial charge in [-0.15, -0.1) is 0 Å². The Labute approximate surface area is 147 Å². The molecule has 0 aliphatic carbocycles. The zero-order valence-electron chi connectivity index (χ0n) is 14.6. The van der Waals surface area contributed by atoms with Crippen LogP contribution in [0.1, 0.15) is 11.3 Å². The van der Waals surface area contributed by atoms with E-state index in [1.165, 1.54) is 6.33 Å². The molecule has 0 aromatic carbocycles.